The first-order valence-electron chi connectivity index (χ1n) is 15.6. The number of amides is 4. The van der Waals surface area contributed by atoms with Crippen LogP contribution in [0.1, 0.15) is 70.8 Å². The van der Waals surface area contributed by atoms with E-state index in [1.54, 1.807) is 28.5 Å². The Bertz CT molecular complexity index is 1280. The fourth-order valence-electron chi connectivity index (χ4n) is 6.13. The number of aromatic nitrogens is 1. The highest BCUT2D eigenvalue weighted by molar-refractivity contribution is 7.98. The van der Waals surface area contributed by atoms with E-state index in [1.165, 1.54) is 0 Å². The van der Waals surface area contributed by atoms with Crippen LogP contribution in [-0.4, -0.2) is 83.1 Å². The zero-order valence-electron chi connectivity index (χ0n) is 25.9. The summed E-state index contributed by atoms with van der Waals surface area (Å²) >= 11 is 1.78. The third-order valence-electron chi connectivity index (χ3n) is 8.85. The van der Waals surface area contributed by atoms with Crippen LogP contribution in [-0.2, 0) is 25.6 Å². The predicted octanol–water partition coefficient (Wildman–Crippen LogP) is 3.06. The Morgan fingerprint density at radius 3 is 2.47 bits per heavy atom. The quantitative estimate of drug-likeness (QED) is 0.335. The molecule has 2 aliphatic heterocycles. The van der Waals surface area contributed by atoms with Crippen molar-refractivity contribution in [3.05, 3.63) is 36.0 Å². The normalized spacial score (nSPS) is 24.3. The monoisotopic (exact) mass is 613 g/mol. The molecule has 1 aromatic heterocycles. The van der Waals surface area contributed by atoms with Gasteiger partial charge in [0.2, 0.25) is 23.6 Å². The zero-order valence-corrected chi connectivity index (χ0v) is 26.7. The summed E-state index contributed by atoms with van der Waals surface area (Å²) in [5.41, 5.74) is 1.67. The van der Waals surface area contributed by atoms with Gasteiger partial charge in [-0.1, -0.05) is 51.3 Å². The summed E-state index contributed by atoms with van der Waals surface area (Å²) in [5.74, 6) is -0.462. The van der Waals surface area contributed by atoms with Crippen molar-refractivity contribution < 1.29 is 24.0 Å². The molecule has 0 bridgehead atoms. The lowest BCUT2D eigenvalue weighted by atomic mass is 9.93. The number of benzene rings is 1. The molecule has 4 amide bonds. The van der Waals surface area contributed by atoms with Crippen LogP contribution in [0.3, 0.4) is 0 Å². The molecule has 3 N–H and O–H groups in total. The molecule has 236 valence electrons. The molecule has 0 aliphatic carbocycles. The van der Waals surface area contributed by atoms with Gasteiger partial charge in [0.15, 0.2) is 0 Å². The Morgan fingerprint density at radius 1 is 0.977 bits per heavy atom. The summed E-state index contributed by atoms with van der Waals surface area (Å²) in [6.07, 6.45) is 10.1. The number of fused-ring (bicyclic) bond motifs is 2. The Balaban J connectivity index is 1.69. The SMILES string of the molecule is CC[C@H](C)[C@@H]1NC(=O)[C@H](Cc2cn(OC)c3ccccc23)NC(=O)[C@H](CCCCCSC)NC(=O)[C@H]2CCCCN2C1=O. The highest BCUT2D eigenvalue weighted by atomic mass is 32.2. The van der Waals surface area contributed by atoms with Gasteiger partial charge in [-0.05, 0) is 61.7 Å². The molecule has 5 atom stereocenters. The third-order valence-corrected chi connectivity index (χ3v) is 9.55. The average Bonchev–Trinajstić information content (AvgIpc) is 3.38. The fraction of sp³-hybridized carbons (Fsp3) is 0.625. The molecule has 1 aromatic carbocycles. The van der Waals surface area contributed by atoms with Crippen molar-refractivity contribution in [1.29, 1.82) is 0 Å². The van der Waals surface area contributed by atoms with Crippen LogP contribution in [0.15, 0.2) is 30.5 Å². The summed E-state index contributed by atoms with van der Waals surface area (Å²) in [4.78, 5) is 62.7. The van der Waals surface area contributed by atoms with E-state index in [0.717, 1.165) is 54.3 Å². The zero-order chi connectivity index (χ0) is 30.9. The Kier molecular flexibility index (Phi) is 11.8. The van der Waals surface area contributed by atoms with Crippen molar-refractivity contribution in [3.8, 4) is 0 Å². The smallest absolute Gasteiger partial charge is 0.246 e. The molecule has 0 radical (unpaired) electrons. The standard InChI is InChI=1S/C32H47N5O5S/c1-5-21(2)28-32(41)36-17-11-10-16-27(36)31(40)33-24(14-7-6-12-18-43-4)29(38)34-25(30(39)35-28)19-22-20-37(42-3)26-15-9-8-13-23(22)26/h8-9,13,15,20-21,24-25,27-28H,5-7,10-12,14,16-19H2,1-4H3,(H,33,40)(H,34,38)(H,35,39)/t21-,24-,25-,27+,28-/m0/s1. The Hall–Kier alpha value is -3.21. The molecule has 43 heavy (non-hydrogen) atoms. The second-order valence-corrected chi connectivity index (χ2v) is 12.7. The minimum Gasteiger partial charge on any atom is -0.417 e. The molecule has 11 heteroatoms. The maximum Gasteiger partial charge on any atom is 0.246 e. The summed E-state index contributed by atoms with van der Waals surface area (Å²) in [6.45, 7) is 4.36. The molecule has 2 aromatic rings. The summed E-state index contributed by atoms with van der Waals surface area (Å²) in [7, 11) is 1.57. The molecule has 2 aliphatic rings. The molecule has 0 saturated carbocycles. The first-order chi connectivity index (χ1) is 20.8. The van der Waals surface area contributed by atoms with Crippen LogP contribution in [0, 0.1) is 5.92 Å². The highest BCUT2D eigenvalue weighted by Gasteiger charge is 2.40. The maximum absolute atomic E-state index is 14.0. The second kappa shape index (κ2) is 15.5. The van der Waals surface area contributed by atoms with Gasteiger partial charge in [0.05, 0.1) is 5.52 Å². The molecule has 2 saturated heterocycles. The number of nitrogens with one attached hydrogen (secondary N) is 3. The van der Waals surface area contributed by atoms with E-state index >= 15 is 0 Å². The molecular formula is C32H47N5O5S. The van der Waals surface area contributed by atoms with Gasteiger partial charge >= 0.3 is 0 Å². The first kappa shape index (κ1) is 32.7. The van der Waals surface area contributed by atoms with Crippen LogP contribution in [0.4, 0.5) is 0 Å². The lowest BCUT2D eigenvalue weighted by molar-refractivity contribution is -0.147. The van der Waals surface area contributed by atoms with Gasteiger partial charge in [-0.15, -0.1) is 0 Å². The molecule has 0 spiro atoms. The van der Waals surface area contributed by atoms with E-state index in [2.05, 4.69) is 22.2 Å². The average molecular weight is 614 g/mol. The Morgan fingerprint density at radius 2 is 1.72 bits per heavy atom. The lowest BCUT2D eigenvalue weighted by Crippen LogP contribution is -2.64. The predicted molar refractivity (Wildman–Crippen MR) is 170 cm³/mol. The molecular weight excluding hydrogens is 566 g/mol. The van der Waals surface area contributed by atoms with Crippen molar-refractivity contribution in [2.75, 3.05) is 25.7 Å². The Labute approximate surface area is 259 Å². The molecule has 0 unspecified atom stereocenters. The van der Waals surface area contributed by atoms with Gasteiger partial charge in [0.25, 0.3) is 0 Å². The second-order valence-electron chi connectivity index (χ2n) is 11.8. The molecule has 4 rings (SSSR count). The van der Waals surface area contributed by atoms with E-state index < -0.39 is 30.1 Å². The number of piperidine rings is 1. The van der Waals surface area contributed by atoms with Gasteiger partial charge in [-0.2, -0.15) is 16.5 Å². The van der Waals surface area contributed by atoms with Gasteiger partial charge in [-0.3, -0.25) is 19.2 Å². The summed E-state index contributed by atoms with van der Waals surface area (Å²) in [5, 5.41) is 9.87. The maximum atomic E-state index is 14.0. The van der Waals surface area contributed by atoms with E-state index in [0.29, 0.717) is 25.8 Å². The summed E-state index contributed by atoms with van der Waals surface area (Å²) in [6, 6.07) is 4.47. The van der Waals surface area contributed by atoms with E-state index in [-0.39, 0.29) is 30.1 Å². The number of hydrogen-bond donors (Lipinski definition) is 3. The number of thioether (sulfide) groups is 1. The third kappa shape index (κ3) is 7.85. The minimum atomic E-state index is -0.963. The van der Waals surface area contributed by atoms with Crippen LogP contribution < -0.4 is 20.8 Å². The van der Waals surface area contributed by atoms with Crippen molar-refractivity contribution in [1.82, 2.24) is 25.6 Å². The van der Waals surface area contributed by atoms with Gasteiger partial charge < -0.3 is 25.7 Å². The van der Waals surface area contributed by atoms with E-state index in [9.17, 15) is 19.2 Å². The van der Waals surface area contributed by atoms with Crippen LogP contribution in [0.2, 0.25) is 0 Å². The summed E-state index contributed by atoms with van der Waals surface area (Å²) < 4.78 is 1.64. The molecule has 2 fully saturated rings. The van der Waals surface area contributed by atoms with Gasteiger partial charge in [0, 0.05) is 24.5 Å². The van der Waals surface area contributed by atoms with E-state index in [4.69, 9.17) is 4.84 Å². The largest absolute Gasteiger partial charge is 0.417 e. The van der Waals surface area contributed by atoms with Crippen LogP contribution >= 0.6 is 11.8 Å². The number of nitrogens with zero attached hydrogens (tertiary/aromatic N) is 2. The number of unbranched alkanes of at least 4 members (excludes halogenated alkanes) is 2. The van der Waals surface area contributed by atoms with Crippen molar-refractivity contribution in [3.63, 3.8) is 0 Å². The number of para-hydroxylation sites is 1. The highest BCUT2D eigenvalue weighted by Crippen LogP contribution is 2.24. The van der Waals surface area contributed by atoms with Gasteiger partial charge in [-0.25, -0.2) is 0 Å². The first-order valence-corrected chi connectivity index (χ1v) is 17.0. The van der Waals surface area contributed by atoms with Crippen LogP contribution in [0.25, 0.3) is 10.9 Å². The fourth-order valence-corrected chi connectivity index (χ4v) is 6.62. The number of rotatable bonds is 11. The molecule has 10 nitrogen and oxygen atoms in total. The van der Waals surface area contributed by atoms with E-state index in [1.807, 2.05) is 44.3 Å². The van der Waals surface area contributed by atoms with Gasteiger partial charge in [0.1, 0.15) is 31.3 Å². The van der Waals surface area contributed by atoms with Crippen molar-refractivity contribution in [2.24, 2.45) is 5.92 Å². The van der Waals surface area contributed by atoms with Crippen molar-refractivity contribution >= 4 is 46.3 Å². The van der Waals surface area contributed by atoms with Crippen molar-refractivity contribution in [2.45, 2.75) is 95.8 Å². The number of hydrogen-bond acceptors (Lipinski definition) is 6. The van der Waals surface area contributed by atoms with Crippen LogP contribution in [0.5, 0.6) is 0 Å². The topological polar surface area (TPSA) is 122 Å². The lowest BCUT2D eigenvalue weighted by Gasteiger charge is -2.39. The molecule has 3 heterocycles. The minimum absolute atomic E-state index is 0.161. The number of carbonyl (C=O) groups excluding carboxylic acids is 4. The number of carbonyl (C=O) groups is 4.